The second-order valence-electron chi connectivity index (χ2n) is 7.85. The van der Waals surface area contributed by atoms with Crippen LogP contribution < -0.4 is 0 Å². The van der Waals surface area contributed by atoms with E-state index in [1.165, 1.54) is 11.6 Å². The summed E-state index contributed by atoms with van der Waals surface area (Å²) in [6, 6.07) is 19.2. The largest absolute Gasteiger partial charge is 0.287 e. The van der Waals surface area contributed by atoms with Crippen LogP contribution in [0.2, 0.25) is 0 Å². The lowest BCUT2D eigenvalue weighted by Crippen LogP contribution is -2.23. The second kappa shape index (κ2) is 7.09. The maximum atomic E-state index is 15.1. The van der Waals surface area contributed by atoms with Crippen LogP contribution in [0, 0.1) is 5.82 Å². The molecule has 1 aliphatic rings. The molecule has 0 fully saturated rings. The molecule has 1 heterocycles. The monoisotopic (exact) mass is 411 g/mol. The van der Waals surface area contributed by atoms with Gasteiger partial charge in [0.15, 0.2) is 5.69 Å². The SMILES string of the molecule is CC(C)c1ccc(-c2ccc(-n3nnc4c3C(=O)c3ccccc3C4=O)c(F)c2)cc1. The summed E-state index contributed by atoms with van der Waals surface area (Å²) < 4.78 is 16.2. The predicted octanol–water partition coefficient (Wildman–Crippen LogP) is 4.97. The molecule has 5 rings (SSSR count). The molecule has 0 saturated heterocycles. The number of ketones is 2. The van der Waals surface area contributed by atoms with E-state index < -0.39 is 17.4 Å². The maximum Gasteiger partial charge on any atom is 0.216 e. The van der Waals surface area contributed by atoms with Crippen LogP contribution in [0.4, 0.5) is 4.39 Å². The number of carbonyl (C=O) groups excluding carboxylic acids is 2. The fraction of sp³-hybridized carbons (Fsp3) is 0.120. The Hall–Kier alpha value is -3.93. The molecule has 0 amide bonds. The lowest BCUT2D eigenvalue weighted by atomic mass is 9.90. The van der Waals surface area contributed by atoms with Crippen LogP contribution in [0.5, 0.6) is 0 Å². The topological polar surface area (TPSA) is 64.8 Å². The molecule has 0 radical (unpaired) electrons. The number of benzene rings is 3. The molecule has 0 atom stereocenters. The Kier molecular flexibility index (Phi) is 4.36. The Labute approximate surface area is 178 Å². The zero-order valence-corrected chi connectivity index (χ0v) is 17.0. The lowest BCUT2D eigenvalue weighted by molar-refractivity contribution is 0.0972. The maximum absolute atomic E-state index is 15.1. The molecular weight excluding hydrogens is 393 g/mol. The number of nitrogens with zero attached hydrogens (tertiary/aromatic N) is 3. The fourth-order valence-corrected chi connectivity index (χ4v) is 3.86. The third-order valence-electron chi connectivity index (χ3n) is 5.60. The zero-order chi connectivity index (χ0) is 21.7. The highest BCUT2D eigenvalue weighted by atomic mass is 19.1. The average molecular weight is 411 g/mol. The van der Waals surface area contributed by atoms with Gasteiger partial charge in [-0.1, -0.05) is 73.7 Å². The highest BCUT2D eigenvalue weighted by Gasteiger charge is 2.35. The molecule has 0 aliphatic heterocycles. The molecule has 6 heteroatoms. The molecule has 0 saturated carbocycles. The standard InChI is InChI=1S/C25H18FN3O2/c1-14(2)15-7-9-16(10-8-15)17-11-12-21(20(26)13-17)29-23-22(27-28-29)24(30)18-5-3-4-6-19(18)25(23)31/h3-14H,1-2H3. The van der Waals surface area contributed by atoms with Crippen molar-refractivity contribution in [2.24, 2.45) is 0 Å². The van der Waals surface area contributed by atoms with Gasteiger partial charge >= 0.3 is 0 Å². The van der Waals surface area contributed by atoms with Crippen molar-refractivity contribution in [3.05, 3.63) is 101 Å². The summed E-state index contributed by atoms with van der Waals surface area (Å²) in [6.45, 7) is 4.24. The number of rotatable bonds is 3. The van der Waals surface area contributed by atoms with Gasteiger partial charge in [-0.15, -0.1) is 5.10 Å². The molecule has 0 unspecified atom stereocenters. The van der Waals surface area contributed by atoms with Gasteiger partial charge in [0.2, 0.25) is 11.6 Å². The molecular formula is C25H18FN3O2. The van der Waals surface area contributed by atoms with Crippen LogP contribution >= 0.6 is 0 Å². The van der Waals surface area contributed by atoms with Crippen LogP contribution in [-0.2, 0) is 0 Å². The van der Waals surface area contributed by atoms with Gasteiger partial charge in [0.25, 0.3) is 0 Å². The highest BCUT2D eigenvalue weighted by molar-refractivity contribution is 6.27. The van der Waals surface area contributed by atoms with E-state index in [1.54, 1.807) is 36.4 Å². The minimum Gasteiger partial charge on any atom is -0.287 e. The quantitative estimate of drug-likeness (QED) is 0.420. The number of hydrogen-bond donors (Lipinski definition) is 0. The minimum atomic E-state index is -0.558. The first-order valence-corrected chi connectivity index (χ1v) is 10.00. The predicted molar refractivity (Wildman–Crippen MR) is 114 cm³/mol. The van der Waals surface area contributed by atoms with Gasteiger partial charge in [0, 0.05) is 11.1 Å². The van der Waals surface area contributed by atoms with Gasteiger partial charge in [0.05, 0.1) is 0 Å². The number of hydrogen-bond acceptors (Lipinski definition) is 4. The zero-order valence-electron chi connectivity index (χ0n) is 17.0. The summed E-state index contributed by atoms with van der Waals surface area (Å²) in [6.07, 6.45) is 0. The first-order chi connectivity index (χ1) is 15.0. The second-order valence-corrected chi connectivity index (χ2v) is 7.85. The Bertz CT molecular complexity index is 1350. The smallest absolute Gasteiger partial charge is 0.216 e. The molecule has 4 aromatic rings. The van der Waals surface area contributed by atoms with Crippen molar-refractivity contribution in [2.45, 2.75) is 19.8 Å². The van der Waals surface area contributed by atoms with Gasteiger partial charge in [-0.2, -0.15) is 0 Å². The third kappa shape index (κ3) is 2.99. The molecule has 0 N–H and O–H groups in total. The van der Waals surface area contributed by atoms with Gasteiger partial charge in [0.1, 0.15) is 17.2 Å². The Morgan fingerprint density at radius 3 is 2.13 bits per heavy atom. The molecule has 0 spiro atoms. The molecule has 31 heavy (non-hydrogen) atoms. The van der Waals surface area contributed by atoms with Crippen LogP contribution in [0.15, 0.2) is 66.7 Å². The van der Waals surface area contributed by atoms with Crippen molar-refractivity contribution in [2.75, 3.05) is 0 Å². The molecule has 1 aromatic heterocycles. The lowest BCUT2D eigenvalue weighted by Gasteiger charge is -2.15. The number of aromatic nitrogens is 3. The van der Waals surface area contributed by atoms with E-state index in [-0.39, 0.29) is 28.2 Å². The molecule has 0 bridgehead atoms. The Morgan fingerprint density at radius 1 is 0.839 bits per heavy atom. The summed E-state index contributed by atoms with van der Waals surface area (Å²) in [7, 11) is 0. The number of halogens is 1. The average Bonchev–Trinajstić information content (AvgIpc) is 3.23. The van der Waals surface area contributed by atoms with E-state index in [0.29, 0.717) is 11.5 Å². The van der Waals surface area contributed by atoms with Crippen LogP contribution in [0.1, 0.15) is 57.4 Å². The normalized spacial score (nSPS) is 12.8. The summed E-state index contributed by atoms with van der Waals surface area (Å²) in [5.41, 5.74) is 3.34. The van der Waals surface area contributed by atoms with Crippen molar-refractivity contribution < 1.29 is 14.0 Å². The van der Waals surface area contributed by atoms with Gasteiger partial charge < -0.3 is 0 Å². The summed E-state index contributed by atoms with van der Waals surface area (Å²) in [4.78, 5) is 25.8. The first-order valence-electron chi connectivity index (χ1n) is 10.00. The molecule has 3 aromatic carbocycles. The number of fused-ring (bicyclic) bond motifs is 2. The van der Waals surface area contributed by atoms with Crippen molar-refractivity contribution in [1.82, 2.24) is 15.0 Å². The van der Waals surface area contributed by atoms with E-state index in [9.17, 15) is 9.59 Å². The first kappa shape index (κ1) is 19.1. The van der Waals surface area contributed by atoms with Crippen LogP contribution in [0.3, 0.4) is 0 Å². The highest BCUT2D eigenvalue weighted by Crippen LogP contribution is 2.30. The van der Waals surface area contributed by atoms with E-state index in [4.69, 9.17) is 0 Å². The third-order valence-corrected chi connectivity index (χ3v) is 5.60. The van der Waals surface area contributed by atoms with Gasteiger partial charge in [-0.25, -0.2) is 9.07 Å². The van der Waals surface area contributed by atoms with Crippen molar-refractivity contribution in [1.29, 1.82) is 0 Å². The van der Waals surface area contributed by atoms with Crippen LogP contribution in [-0.4, -0.2) is 26.6 Å². The van der Waals surface area contributed by atoms with Crippen molar-refractivity contribution >= 4 is 11.6 Å². The fourth-order valence-electron chi connectivity index (χ4n) is 3.86. The summed E-state index contributed by atoms with van der Waals surface area (Å²) in [5, 5.41) is 7.82. The van der Waals surface area contributed by atoms with E-state index in [2.05, 4.69) is 24.2 Å². The van der Waals surface area contributed by atoms with Crippen molar-refractivity contribution in [3.8, 4) is 16.8 Å². The van der Waals surface area contributed by atoms with Gasteiger partial charge in [-0.3, -0.25) is 9.59 Å². The van der Waals surface area contributed by atoms with E-state index >= 15 is 4.39 Å². The van der Waals surface area contributed by atoms with Gasteiger partial charge in [-0.05, 0) is 34.7 Å². The minimum absolute atomic E-state index is 0.0170. The number of carbonyl (C=O) groups is 2. The molecule has 5 nitrogen and oxygen atoms in total. The molecule has 152 valence electrons. The molecule has 1 aliphatic carbocycles. The summed E-state index contributed by atoms with van der Waals surface area (Å²) >= 11 is 0. The van der Waals surface area contributed by atoms with E-state index in [1.807, 2.05) is 24.3 Å². The van der Waals surface area contributed by atoms with Crippen LogP contribution in [0.25, 0.3) is 16.8 Å². The van der Waals surface area contributed by atoms with Crippen molar-refractivity contribution in [3.63, 3.8) is 0 Å². The Balaban J connectivity index is 1.56. The van der Waals surface area contributed by atoms with E-state index in [0.717, 1.165) is 10.2 Å². The Morgan fingerprint density at radius 2 is 1.48 bits per heavy atom. The summed E-state index contributed by atoms with van der Waals surface area (Å²) in [5.74, 6) is -0.934.